The minimum absolute atomic E-state index is 0.553. The molecule has 1 atom stereocenters. The summed E-state index contributed by atoms with van der Waals surface area (Å²) >= 11 is 1.83. The molecule has 1 aliphatic carbocycles. The zero-order valence-corrected chi connectivity index (χ0v) is 11.8. The maximum atomic E-state index is 5.17. The van der Waals surface area contributed by atoms with Gasteiger partial charge in [0.1, 0.15) is 5.01 Å². The third-order valence-electron chi connectivity index (χ3n) is 3.16. The minimum Gasteiger partial charge on any atom is -0.378 e. The van der Waals surface area contributed by atoms with E-state index in [1.807, 2.05) is 11.3 Å². The van der Waals surface area contributed by atoms with Crippen LogP contribution in [-0.2, 0) is 17.8 Å². The van der Waals surface area contributed by atoms with E-state index in [0.29, 0.717) is 18.6 Å². The van der Waals surface area contributed by atoms with Crippen LogP contribution in [-0.4, -0.2) is 24.7 Å². The lowest BCUT2D eigenvalue weighted by molar-refractivity contribution is 0.184. The highest BCUT2D eigenvalue weighted by Crippen LogP contribution is 2.34. The maximum Gasteiger partial charge on any atom is 0.119 e. The highest BCUT2D eigenvalue weighted by atomic mass is 32.1. The van der Waals surface area contributed by atoms with Crippen molar-refractivity contribution < 1.29 is 4.74 Å². The van der Waals surface area contributed by atoms with Gasteiger partial charge in [0.2, 0.25) is 0 Å². The molecule has 1 N–H and O–H groups in total. The number of nitrogens with zero attached hydrogens (tertiary/aromatic N) is 1. The summed E-state index contributed by atoms with van der Waals surface area (Å²) in [5.41, 5.74) is 1.33. The van der Waals surface area contributed by atoms with Gasteiger partial charge in [-0.2, -0.15) is 0 Å². The number of rotatable bonds is 5. The first-order valence-electron chi connectivity index (χ1n) is 6.41. The van der Waals surface area contributed by atoms with Gasteiger partial charge in [-0.25, -0.2) is 4.98 Å². The van der Waals surface area contributed by atoms with Crippen molar-refractivity contribution in [1.29, 1.82) is 0 Å². The van der Waals surface area contributed by atoms with Crippen molar-refractivity contribution in [2.75, 3.05) is 13.7 Å². The maximum absolute atomic E-state index is 5.17. The monoisotopic (exact) mass is 254 g/mol. The van der Waals surface area contributed by atoms with Gasteiger partial charge in [-0.05, 0) is 19.3 Å². The predicted molar refractivity (Wildman–Crippen MR) is 71.6 cm³/mol. The van der Waals surface area contributed by atoms with Crippen molar-refractivity contribution in [3.05, 3.63) is 15.6 Å². The van der Waals surface area contributed by atoms with Crippen molar-refractivity contribution in [2.24, 2.45) is 0 Å². The Kier molecular flexibility index (Phi) is 4.54. The highest BCUT2D eigenvalue weighted by molar-refractivity contribution is 7.11. The third kappa shape index (κ3) is 3.27. The second-order valence-electron chi connectivity index (χ2n) is 5.00. The molecule has 0 saturated heterocycles. The molecule has 3 nitrogen and oxygen atoms in total. The largest absolute Gasteiger partial charge is 0.378 e. The fourth-order valence-corrected chi connectivity index (χ4v) is 3.49. The average molecular weight is 254 g/mol. The number of fused-ring (bicyclic) bond motifs is 1. The molecule has 0 saturated carbocycles. The number of thiazole rings is 1. The van der Waals surface area contributed by atoms with Crippen LogP contribution in [0.25, 0.3) is 0 Å². The zero-order chi connectivity index (χ0) is 12.3. The molecular formula is C13H22N2OS. The number of ether oxygens (including phenoxy) is 1. The fraction of sp³-hybridized carbons (Fsp3) is 0.769. The lowest BCUT2D eigenvalue weighted by Gasteiger charge is -2.22. The number of hydrogen-bond donors (Lipinski definition) is 1. The summed E-state index contributed by atoms with van der Waals surface area (Å²) in [4.78, 5) is 6.24. The quantitative estimate of drug-likeness (QED) is 0.877. The topological polar surface area (TPSA) is 34.1 Å². The van der Waals surface area contributed by atoms with Crippen molar-refractivity contribution >= 4 is 11.3 Å². The molecule has 0 amide bonds. The average Bonchev–Trinajstić information content (AvgIpc) is 2.69. The SMILES string of the molecule is COCc1nc2c(s1)CCCC2CNC(C)C. The second kappa shape index (κ2) is 5.94. The molecule has 0 aliphatic heterocycles. The van der Waals surface area contributed by atoms with Gasteiger partial charge in [0, 0.05) is 30.5 Å². The lowest BCUT2D eigenvalue weighted by Crippen LogP contribution is -2.29. The van der Waals surface area contributed by atoms with Crippen molar-refractivity contribution in [1.82, 2.24) is 10.3 Å². The Labute approximate surface area is 108 Å². The Morgan fingerprint density at radius 1 is 1.53 bits per heavy atom. The predicted octanol–water partition coefficient (Wildman–Crippen LogP) is 2.71. The van der Waals surface area contributed by atoms with Crippen LogP contribution in [0.5, 0.6) is 0 Å². The third-order valence-corrected chi connectivity index (χ3v) is 4.26. The molecule has 96 valence electrons. The Morgan fingerprint density at radius 3 is 3.06 bits per heavy atom. The van der Waals surface area contributed by atoms with Gasteiger partial charge in [-0.15, -0.1) is 11.3 Å². The number of hydrogen-bond acceptors (Lipinski definition) is 4. The van der Waals surface area contributed by atoms with Crippen LogP contribution in [0.3, 0.4) is 0 Å². The molecule has 1 unspecified atom stereocenters. The number of methoxy groups -OCH3 is 1. The summed E-state index contributed by atoms with van der Waals surface area (Å²) in [6.07, 6.45) is 3.77. The van der Waals surface area contributed by atoms with E-state index < -0.39 is 0 Å². The van der Waals surface area contributed by atoms with Gasteiger partial charge < -0.3 is 10.1 Å². The molecule has 2 rings (SSSR count). The van der Waals surface area contributed by atoms with Gasteiger partial charge in [0.15, 0.2) is 0 Å². The molecule has 0 spiro atoms. The summed E-state index contributed by atoms with van der Waals surface area (Å²) in [6.45, 7) is 6.10. The van der Waals surface area contributed by atoms with Crippen LogP contribution in [0.4, 0.5) is 0 Å². The number of aryl methyl sites for hydroxylation is 1. The standard InChI is InChI=1S/C13H22N2OS/c1-9(2)14-7-10-5-4-6-11-13(10)15-12(17-11)8-16-3/h9-10,14H,4-8H2,1-3H3. The molecule has 0 aromatic carbocycles. The van der Waals surface area contributed by atoms with Crippen molar-refractivity contribution in [3.8, 4) is 0 Å². The van der Waals surface area contributed by atoms with Gasteiger partial charge in [0.25, 0.3) is 0 Å². The molecule has 4 heteroatoms. The summed E-state index contributed by atoms with van der Waals surface area (Å²) < 4.78 is 5.17. The molecule has 17 heavy (non-hydrogen) atoms. The molecule has 1 heterocycles. The highest BCUT2D eigenvalue weighted by Gasteiger charge is 2.24. The van der Waals surface area contributed by atoms with E-state index in [-0.39, 0.29) is 0 Å². The summed E-state index contributed by atoms with van der Waals surface area (Å²) in [6, 6.07) is 0.553. The fourth-order valence-electron chi connectivity index (χ4n) is 2.32. The Bertz CT molecular complexity index is 362. The van der Waals surface area contributed by atoms with Crippen molar-refractivity contribution in [2.45, 2.75) is 51.7 Å². The van der Waals surface area contributed by atoms with E-state index in [2.05, 4.69) is 19.2 Å². The summed E-state index contributed by atoms with van der Waals surface area (Å²) in [7, 11) is 1.73. The van der Waals surface area contributed by atoms with Crippen LogP contribution in [0.2, 0.25) is 0 Å². The normalized spacial score (nSPS) is 19.6. The van der Waals surface area contributed by atoms with Gasteiger partial charge in [0.05, 0.1) is 12.3 Å². The minimum atomic E-state index is 0.553. The first-order valence-corrected chi connectivity index (χ1v) is 7.23. The molecule has 1 aromatic rings. The first-order chi connectivity index (χ1) is 8.20. The van der Waals surface area contributed by atoms with Crippen LogP contribution in [0.15, 0.2) is 0 Å². The second-order valence-corrected chi connectivity index (χ2v) is 6.17. The van der Waals surface area contributed by atoms with E-state index in [9.17, 15) is 0 Å². The van der Waals surface area contributed by atoms with Gasteiger partial charge in [-0.3, -0.25) is 0 Å². The summed E-state index contributed by atoms with van der Waals surface area (Å²) in [5, 5.41) is 4.66. The van der Waals surface area contributed by atoms with Gasteiger partial charge in [-0.1, -0.05) is 13.8 Å². The Morgan fingerprint density at radius 2 is 2.35 bits per heavy atom. The van der Waals surface area contributed by atoms with E-state index in [4.69, 9.17) is 9.72 Å². The lowest BCUT2D eigenvalue weighted by atomic mass is 9.91. The van der Waals surface area contributed by atoms with Crippen molar-refractivity contribution in [3.63, 3.8) is 0 Å². The van der Waals surface area contributed by atoms with Gasteiger partial charge >= 0.3 is 0 Å². The molecular weight excluding hydrogens is 232 g/mol. The molecule has 0 radical (unpaired) electrons. The van der Waals surface area contributed by atoms with Crippen LogP contribution in [0.1, 0.15) is 48.2 Å². The summed E-state index contributed by atoms with van der Waals surface area (Å²) in [5.74, 6) is 0.600. The zero-order valence-electron chi connectivity index (χ0n) is 11.0. The van der Waals surface area contributed by atoms with E-state index in [0.717, 1.165) is 11.6 Å². The van der Waals surface area contributed by atoms with E-state index >= 15 is 0 Å². The number of nitrogens with one attached hydrogen (secondary N) is 1. The Balaban J connectivity index is 2.07. The van der Waals surface area contributed by atoms with E-state index in [1.54, 1.807) is 7.11 Å². The number of aromatic nitrogens is 1. The van der Waals surface area contributed by atoms with E-state index in [1.165, 1.54) is 29.8 Å². The molecule has 0 bridgehead atoms. The smallest absolute Gasteiger partial charge is 0.119 e. The molecule has 0 fully saturated rings. The molecule has 1 aliphatic rings. The Hall–Kier alpha value is -0.450. The van der Waals surface area contributed by atoms with Crippen LogP contribution >= 0.6 is 11.3 Å². The van der Waals surface area contributed by atoms with Crippen LogP contribution < -0.4 is 5.32 Å². The first kappa shape index (κ1) is 13.0. The molecule has 1 aromatic heterocycles. The van der Waals surface area contributed by atoms with Crippen LogP contribution in [0, 0.1) is 0 Å².